The number of nitrogens with zero attached hydrogens (tertiary/aromatic N) is 2. The number of alkyl halides is 3. The Morgan fingerprint density at radius 3 is 2.36 bits per heavy atom. The standard InChI is InChI=1S/C20H20F3N3O6S/c21-20(22,23)32-16-5-3-15(4-6-16)25-18(27)13-31-19(28)14-7-10-26(11-8-14)33(29,30)17-2-1-9-24-12-17/h1-6,9,12,14H,7-8,10-11,13H2,(H,25,27). The van der Waals surface area contributed by atoms with Gasteiger partial charge in [-0.15, -0.1) is 13.2 Å². The molecule has 1 aliphatic rings. The molecule has 1 aromatic carbocycles. The first-order chi connectivity index (χ1) is 15.5. The van der Waals surface area contributed by atoms with Crippen molar-refractivity contribution in [2.45, 2.75) is 24.1 Å². The fourth-order valence-electron chi connectivity index (χ4n) is 3.17. The van der Waals surface area contributed by atoms with Gasteiger partial charge in [0, 0.05) is 31.2 Å². The van der Waals surface area contributed by atoms with E-state index in [0.717, 1.165) is 12.1 Å². The number of amides is 1. The predicted octanol–water partition coefficient (Wildman–Crippen LogP) is 2.56. The van der Waals surface area contributed by atoms with Gasteiger partial charge in [0.15, 0.2) is 6.61 Å². The number of anilines is 1. The summed E-state index contributed by atoms with van der Waals surface area (Å²) in [6.45, 7) is -0.348. The normalized spacial score (nSPS) is 15.6. The van der Waals surface area contributed by atoms with Crippen molar-refractivity contribution >= 4 is 27.6 Å². The van der Waals surface area contributed by atoms with Crippen molar-refractivity contribution in [1.82, 2.24) is 9.29 Å². The maximum Gasteiger partial charge on any atom is 0.573 e. The molecule has 178 valence electrons. The molecule has 2 heterocycles. The van der Waals surface area contributed by atoms with Crippen LogP contribution in [0, 0.1) is 5.92 Å². The van der Waals surface area contributed by atoms with E-state index in [2.05, 4.69) is 15.0 Å². The molecule has 0 unspecified atom stereocenters. The quantitative estimate of drug-likeness (QED) is 0.597. The predicted molar refractivity (Wildman–Crippen MR) is 108 cm³/mol. The Bertz CT molecular complexity index is 1070. The Labute approximate surface area is 187 Å². The lowest BCUT2D eigenvalue weighted by atomic mass is 9.98. The Morgan fingerprint density at radius 2 is 1.79 bits per heavy atom. The summed E-state index contributed by atoms with van der Waals surface area (Å²) in [4.78, 5) is 28.1. The average Bonchev–Trinajstić information content (AvgIpc) is 2.78. The van der Waals surface area contributed by atoms with E-state index >= 15 is 0 Å². The maximum absolute atomic E-state index is 12.6. The number of pyridine rings is 1. The number of hydrogen-bond acceptors (Lipinski definition) is 7. The maximum atomic E-state index is 12.6. The number of ether oxygens (including phenoxy) is 2. The van der Waals surface area contributed by atoms with Crippen LogP contribution in [0.3, 0.4) is 0 Å². The van der Waals surface area contributed by atoms with Gasteiger partial charge in [-0.05, 0) is 49.2 Å². The topological polar surface area (TPSA) is 115 Å². The van der Waals surface area contributed by atoms with Crippen LogP contribution in [0.2, 0.25) is 0 Å². The Kier molecular flexibility index (Phi) is 7.53. The first kappa shape index (κ1) is 24.5. The molecule has 1 saturated heterocycles. The van der Waals surface area contributed by atoms with Crippen molar-refractivity contribution in [3.05, 3.63) is 48.8 Å². The van der Waals surface area contributed by atoms with Gasteiger partial charge in [0.1, 0.15) is 10.6 Å². The van der Waals surface area contributed by atoms with E-state index in [1.54, 1.807) is 0 Å². The van der Waals surface area contributed by atoms with Crippen molar-refractivity contribution < 1.29 is 40.7 Å². The second-order valence-corrected chi connectivity index (χ2v) is 9.03. The van der Waals surface area contributed by atoms with E-state index in [9.17, 15) is 31.2 Å². The van der Waals surface area contributed by atoms with Gasteiger partial charge in [-0.2, -0.15) is 4.31 Å². The highest BCUT2D eigenvalue weighted by atomic mass is 32.2. The van der Waals surface area contributed by atoms with E-state index in [0.29, 0.717) is 0 Å². The lowest BCUT2D eigenvalue weighted by molar-refractivity contribution is -0.274. The number of aromatic nitrogens is 1. The van der Waals surface area contributed by atoms with Crippen LogP contribution in [-0.4, -0.2) is 55.6 Å². The summed E-state index contributed by atoms with van der Waals surface area (Å²) < 4.78 is 71.7. The van der Waals surface area contributed by atoms with Crippen molar-refractivity contribution in [2.24, 2.45) is 5.92 Å². The minimum absolute atomic E-state index is 0.0701. The van der Waals surface area contributed by atoms with E-state index < -0.39 is 46.5 Å². The molecule has 0 aliphatic carbocycles. The smallest absolute Gasteiger partial charge is 0.455 e. The Hall–Kier alpha value is -3.19. The van der Waals surface area contributed by atoms with Gasteiger partial charge in [0.25, 0.3) is 5.91 Å². The zero-order valence-electron chi connectivity index (χ0n) is 17.1. The van der Waals surface area contributed by atoms with Crippen LogP contribution < -0.4 is 10.1 Å². The van der Waals surface area contributed by atoms with Crippen LogP contribution in [0.1, 0.15) is 12.8 Å². The molecular formula is C20H20F3N3O6S. The summed E-state index contributed by atoms with van der Waals surface area (Å²) in [6.07, 6.45) is -1.63. The summed E-state index contributed by atoms with van der Waals surface area (Å²) >= 11 is 0. The first-order valence-electron chi connectivity index (χ1n) is 9.77. The van der Waals surface area contributed by atoms with Crippen LogP contribution >= 0.6 is 0 Å². The number of benzene rings is 1. The van der Waals surface area contributed by atoms with Gasteiger partial charge in [-0.3, -0.25) is 14.6 Å². The summed E-state index contributed by atoms with van der Waals surface area (Å²) in [6, 6.07) is 7.44. The molecule has 1 N–H and O–H groups in total. The zero-order valence-corrected chi connectivity index (χ0v) is 17.9. The zero-order chi connectivity index (χ0) is 24.1. The fraction of sp³-hybridized carbons (Fsp3) is 0.350. The minimum atomic E-state index is -4.82. The van der Waals surface area contributed by atoms with Crippen LogP contribution in [0.25, 0.3) is 0 Å². The summed E-state index contributed by atoms with van der Waals surface area (Å²) in [5.74, 6) is -2.30. The van der Waals surface area contributed by atoms with E-state index in [1.807, 2.05) is 0 Å². The number of carbonyl (C=O) groups excluding carboxylic acids is 2. The van der Waals surface area contributed by atoms with Gasteiger partial charge in [-0.25, -0.2) is 8.42 Å². The van der Waals surface area contributed by atoms with Gasteiger partial charge in [0.05, 0.1) is 5.92 Å². The van der Waals surface area contributed by atoms with Gasteiger partial charge in [0.2, 0.25) is 10.0 Å². The molecule has 3 rings (SSSR count). The van der Waals surface area contributed by atoms with Gasteiger partial charge in [-0.1, -0.05) is 0 Å². The molecule has 33 heavy (non-hydrogen) atoms. The number of piperidine rings is 1. The lowest BCUT2D eigenvalue weighted by Crippen LogP contribution is -2.40. The highest BCUT2D eigenvalue weighted by Gasteiger charge is 2.33. The van der Waals surface area contributed by atoms with Gasteiger partial charge < -0.3 is 14.8 Å². The second kappa shape index (κ2) is 10.2. The molecule has 0 bridgehead atoms. The molecular weight excluding hydrogens is 467 g/mol. The summed E-state index contributed by atoms with van der Waals surface area (Å²) in [5.41, 5.74) is 0.194. The van der Waals surface area contributed by atoms with Crippen molar-refractivity contribution in [3.63, 3.8) is 0 Å². The lowest BCUT2D eigenvalue weighted by Gasteiger charge is -2.29. The molecule has 1 amide bonds. The van der Waals surface area contributed by atoms with Crippen LogP contribution in [0.5, 0.6) is 5.75 Å². The monoisotopic (exact) mass is 487 g/mol. The molecule has 2 aromatic rings. The van der Waals surface area contributed by atoms with Gasteiger partial charge >= 0.3 is 12.3 Å². The molecule has 0 saturated carbocycles. The number of rotatable bonds is 7. The van der Waals surface area contributed by atoms with E-state index in [-0.39, 0.29) is 36.5 Å². The molecule has 0 atom stereocenters. The number of carbonyl (C=O) groups is 2. The largest absolute Gasteiger partial charge is 0.573 e. The molecule has 9 nitrogen and oxygen atoms in total. The highest BCUT2D eigenvalue weighted by molar-refractivity contribution is 7.89. The third-order valence-corrected chi connectivity index (χ3v) is 6.66. The molecule has 13 heteroatoms. The fourth-order valence-corrected chi connectivity index (χ4v) is 4.61. The molecule has 0 spiro atoms. The van der Waals surface area contributed by atoms with Crippen molar-refractivity contribution in [3.8, 4) is 5.75 Å². The summed E-state index contributed by atoms with van der Waals surface area (Å²) in [7, 11) is -3.70. The number of halogens is 3. The number of esters is 1. The van der Waals surface area contributed by atoms with Crippen LogP contribution in [-0.2, 0) is 24.3 Å². The average molecular weight is 487 g/mol. The second-order valence-electron chi connectivity index (χ2n) is 7.10. The number of nitrogens with one attached hydrogen (secondary N) is 1. The SMILES string of the molecule is O=C(COC(=O)C1CCN(S(=O)(=O)c2cccnc2)CC1)Nc1ccc(OC(F)(F)F)cc1. The third-order valence-electron chi connectivity index (χ3n) is 4.78. The van der Waals surface area contributed by atoms with E-state index in [4.69, 9.17) is 4.74 Å². The minimum Gasteiger partial charge on any atom is -0.455 e. The Balaban J connectivity index is 1.43. The summed E-state index contributed by atoms with van der Waals surface area (Å²) in [5, 5.41) is 2.39. The number of sulfonamides is 1. The molecule has 1 aromatic heterocycles. The third kappa shape index (κ3) is 6.89. The molecule has 1 fully saturated rings. The van der Waals surface area contributed by atoms with Crippen LogP contribution in [0.4, 0.5) is 18.9 Å². The Morgan fingerprint density at radius 1 is 1.12 bits per heavy atom. The van der Waals surface area contributed by atoms with Crippen molar-refractivity contribution in [2.75, 3.05) is 25.0 Å². The first-order valence-corrected chi connectivity index (χ1v) is 11.2. The van der Waals surface area contributed by atoms with E-state index in [1.165, 1.54) is 41.0 Å². The molecule has 1 aliphatic heterocycles. The molecule has 0 radical (unpaired) electrons. The number of hydrogen-bond donors (Lipinski definition) is 1. The van der Waals surface area contributed by atoms with Crippen molar-refractivity contribution in [1.29, 1.82) is 0 Å². The highest BCUT2D eigenvalue weighted by Crippen LogP contribution is 2.25. The van der Waals surface area contributed by atoms with Crippen LogP contribution in [0.15, 0.2) is 53.7 Å².